The Kier molecular flexibility index (Phi) is 4.39. The Bertz CT molecular complexity index is 983. The quantitative estimate of drug-likeness (QED) is 0.697. The van der Waals surface area contributed by atoms with E-state index in [0.717, 1.165) is 36.1 Å². The van der Waals surface area contributed by atoms with Crippen molar-refractivity contribution < 1.29 is 13.6 Å². The van der Waals surface area contributed by atoms with Gasteiger partial charge >= 0.3 is 0 Å². The maximum atomic E-state index is 13.8. The van der Waals surface area contributed by atoms with Crippen molar-refractivity contribution in [1.29, 1.82) is 0 Å². The minimum Gasteiger partial charge on any atom is -0.351 e. The van der Waals surface area contributed by atoms with Crippen molar-refractivity contribution in [2.75, 3.05) is 6.54 Å². The molecule has 0 spiro atoms. The van der Waals surface area contributed by atoms with Gasteiger partial charge in [-0.1, -0.05) is 17.7 Å². The number of amides is 1. The third kappa shape index (κ3) is 3.30. The summed E-state index contributed by atoms with van der Waals surface area (Å²) in [6.07, 6.45) is 6.67. The zero-order valence-corrected chi connectivity index (χ0v) is 14.9. The zero-order valence-electron chi connectivity index (χ0n) is 14.1. The van der Waals surface area contributed by atoms with Crippen LogP contribution in [0.5, 0.6) is 0 Å². The number of rotatable bonds is 5. The van der Waals surface area contributed by atoms with Gasteiger partial charge in [0.25, 0.3) is 5.91 Å². The van der Waals surface area contributed by atoms with Crippen molar-refractivity contribution in [2.24, 2.45) is 0 Å². The van der Waals surface area contributed by atoms with Crippen molar-refractivity contribution >= 4 is 17.5 Å². The lowest BCUT2D eigenvalue weighted by Gasteiger charge is -2.18. The molecule has 5 nitrogen and oxygen atoms in total. The van der Waals surface area contributed by atoms with Crippen LogP contribution in [-0.4, -0.2) is 27.6 Å². The summed E-state index contributed by atoms with van der Waals surface area (Å²) in [5, 5.41) is 9.73. The molecule has 4 rings (SSSR count). The van der Waals surface area contributed by atoms with Crippen LogP contribution >= 0.6 is 11.6 Å². The second-order valence-corrected chi connectivity index (χ2v) is 7.01. The number of nitrogens with zero attached hydrogens (tertiary/aromatic N) is 2. The number of H-pyrrole nitrogens is 1. The Balaban J connectivity index is 1.52. The highest BCUT2D eigenvalue weighted by molar-refractivity contribution is 6.31. The van der Waals surface area contributed by atoms with E-state index in [1.54, 1.807) is 24.7 Å². The second-order valence-electron chi connectivity index (χ2n) is 6.60. The normalized spacial score (nSPS) is 14.8. The molecule has 2 N–H and O–H groups in total. The van der Waals surface area contributed by atoms with Crippen LogP contribution in [0, 0.1) is 11.6 Å². The van der Waals surface area contributed by atoms with Crippen LogP contribution in [-0.2, 0) is 5.41 Å². The largest absolute Gasteiger partial charge is 0.351 e. The average molecular weight is 389 g/mol. The third-order valence-electron chi connectivity index (χ3n) is 4.81. The highest BCUT2D eigenvalue weighted by Crippen LogP contribution is 2.49. The molecule has 1 aliphatic rings. The van der Waals surface area contributed by atoms with Gasteiger partial charge in [-0.3, -0.25) is 14.9 Å². The van der Waals surface area contributed by atoms with E-state index >= 15 is 0 Å². The Labute approximate surface area is 158 Å². The SMILES string of the molecule is O=C(NCC1(c2ncc(-c3cn[nH]c3)cc2Cl)CC1)c1c(F)cccc1F. The molecule has 1 saturated carbocycles. The summed E-state index contributed by atoms with van der Waals surface area (Å²) in [6.45, 7) is 0.206. The van der Waals surface area contributed by atoms with E-state index in [2.05, 4.69) is 20.5 Å². The monoisotopic (exact) mass is 388 g/mol. The minimum atomic E-state index is -0.891. The van der Waals surface area contributed by atoms with Crippen LogP contribution in [0.25, 0.3) is 11.1 Å². The molecule has 2 heterocycles. The van der Waals surface area contributed by atoms with Crippen molar-refractivity contribution in [3.8, 4) is 11.1 Å². The highest BCUT2D eigenvalue weighted by atomic mass is 35.5. The number of hydrogen-bond donors (Lipinski definition) is 2. The molecule has 0 unspecified atom stereocenters. The summed E-state index contributed by atoms with van der Waals surface area (Å²) in [4.78, 5) is 16.7. The maximum absolute atomic E-state index is 13.8. The Morgan fingerprint density at radius 3 is 2.56 bits per heavy atom. The van der Waals surface area contributed by atoms with E-state index in [1.807, 2.05) is 0 Å². The summed E-state index contributed by atoms with van der Waals surface area (Å²) in [5.41, 5.74) is 1.37. The average Bonchev–Trinajstić information content (AvgIpc) is 3.22. The van der Waals surface area contributed by atoms with Gasteiger partial charge in [0.2, 0.25) is 0 Å². The molecule has 2 aromatic heterocycles. The number of hydrogen-bond acceptors (Lipinski definition) is 3. The highest BCUT2D eigenvalue weighted by Gasteiger charge is 2.47. The predicted molar refractivity (Wildman–Crippen MR) is 96.4 cm³/mol. The van der Waals surface area contributed by atoms with E-state index in [0.29, 0.717) is 10.7 Å². The Morgan fingerprint density at radius 1 is 1.22 bits per heavy atom. The van der Waals surface area contributed by atoms with Gasteiger partial charge in [0.1, 0.15) is 17.2 Å². The topological polar surface area (TPSA) is 70.7 Å². The van der Waals surface area contributed by atoms with E-state index in [9.17, 15) is 13.6 Å². The number of aromatic amines is 1. The molecule has 138 valence electrons. The first-order chi connectivity index (χ1) is 13.0. The van der Waals surface area contributed by atoms with E-state index < -0.39 is 28.5 Å². The maximum Gasteiger partial charge on any atom is 0.257 e. The first kappa shape index (κ1) is 17.6. The third-order valence-corrected chi connectivity index (χ3v) is 5.09. The molecule has 3 aromatic rings. The standard InChI is InChI=1S/C19H15ClF2N4O/c20-13-6-11(12-8-25-26-9-12)7-23-17(13)19(4-5-19)10-24-18(27)16-14(21)2-1-3-15(16)22/h1-3,6-9H,4-5,10H2,(H,24,27)(H,25,26). The molecule has 0 radical (unpaired) electrons. The Hall–Kier alpha value is -2.80. The fourth-order valence-electron chi connectivity index (χ4n) is 3.10. The van der Waals surface area contributed by atoms with Crippen molar-refractivity contribution in [1.82, 2.24) is 20.5 Å². The van der Waals surface area contributed by atoms with Gasteiger partial charge in [0.05, 0.1) is 16.9 Å². The summed E-state index contributed by atoms with van der Waals surface area (Å²) in [7, 11) is 0. The van der Waals surface area contributed by atoms with Crippen LogP contribution in [0.2, 0.25) is 5.02 Å². The van der Waals surface area contributed by atoms with Crippen LogP contribution in [0.15, 0.2) is 42.9 Å². The molecule has 1 aromatic carbocycles. The molecule has 0 atom stereocenters. The lowest BCUT2D eigenvalue weighted by Crippen LogP contribution is -2.34. The fraction of sp³-hybridized carbons (Fsp3) is 0.211. The summed E-state index contributed by atoms with van der Waals surface area (Å²) < 4.78 is 27.5. The van der Waals surface area contributed by atoms with Gasteiger partial charge < -0.3 is 5.32 Å². The first-order valence-electron chi connectivity index (χ1n) is 8.37. The smallest absolute Gasteiger partial charge is 0.257 e. The molecule has 0 aliphatic heterocycles. The summed E-state index contributed by atoms with van der Waals surface area (Å²) in [5.74, 6) is -2.57. The van der Waals surface area contributed by atoms with E-state index in [1.165, 1.54) is 6.07 Å². The molecule has 8 heteroatoms. The molecule has 1 amide bonds. The summed E-state index contributed by atoms with van der Waals surface area (Å²) in [6, 6.07) is 5.12. The minimum absolute atomic E-state index is 0.206. The van der Waals surface area contributed by atoms with Crippen molar-refractivity contribution in [3.63, 3.8) is 0 Å². The molecule has 0 saturated heterocycles. The van der Waals surface area contributed by atoms with Gasteiger partial charge in [-0.25, -0.2) is 8.78 Å². The first-order valence-corrected chi connectivity index (χ1v) is 8.75. The summed E-state index contributed by atoms with van der Waals surface area (Å²) >= 11 is 6.43. The predicted octanol–water partition coefficient (Wildman–Crippen LogP) is 3.86. The molecule has 0 bridgehead atoms. The number of halogens is 3. The van der Waals surface area contributed by atoms with E-state index in [-0.39, 0.29) is 6.54 Å². The molecule has 1 fully saturated rings. The fourth-order valence-corrected chi connectivity index (χ4v) is 3.46. The second kappa shape index (κ2) is 6.74. The number of carbonyl (C=O) groups excluding carboxylic acids is 1. The van der Waals surface area contributed by atoms with Crippen LogP contribution < -0.4 is 5.32 Å². The van der Waals surface area contributed by atoms with Gasteiger partial charge in [0.15, 0.2) is 0 Å². The van der Waals surface area contributed by atoms with Crippen LogP contribution in [0.4, 0.5) is 8.78 Å². The van der Waals surface area contributed by atoms with Crippen molar-refractivity contribution in [3.05, 3.63) is 70.8 Å². The molecule has 27 heavy (non-hydrogen) atoms. The van der Waals surface area contributed by atoms with Crippen LogP contribution in [0.1, 0.15) is 28.9 Å². The number of pyridine rings is 1. The number of benzene rings is 1. The van der Waals surface area contributed by atoms with Gasteiger partial charge in [-0.05, 0) is 31.0 Å². The number of aromatic nitrogens is 3. The van der Waals surface area contributed by atoms with Gasteiger partial charge in [-0.2, -0.15) is 5.10 Å². The van der Waals surface area contributed by atoms with Gasteiger partial charge in [-0.15, -0.1) is 0 Å². The lowest BCUT2D eigenvalue weighted by molar-refractivity contribution is 0.0941. The number of carbonyl (C=O) groups is 1. The van der Waals surface area contributed by atoms with E-state index in [4.69, 9.17) is 11.6 Å². The zero-order chi connectivity index (χ0) is 19.0. The molecular formula is C19H15ClF2N4O. The lowest BCUT2D eigenvalue weighted by atomic mass is 10.00. The molecular weight excluding hydrogens is 374 g/mol. The van der Waals surface area contributed by atoms with Gasteiger partial charge in [0, 0.05) is 35.5 Å². The number of nitrogens with one attached hydrogen (secondary N) is 2. The van der Waals surface area contributed by atoms with Crippen molar-refractivity contribution in [2.45, 2.75) is 18.3 Å². The van der Waals surface area contributed by atoms with Crippen LogP contribution in [0.3, 0.4) is 0 Å². The molecule has 1 aliphatic carbocycles. The Morgan fingerprint density at radius 2 is 1.96 bits per heavy atom.